The molecule has 116 valence electrons. The number of benzene rings is 1. The molecule has 6 nitrogen and oxygen atoms in total. The summed E-state index contributed by atoms with van der Waals surface area (Å²) in [6.45, 7) is -0.332. The first-order valence-electron chi connectivity index (χ1n) is 6.86. The van der Waals surface area contributed by atoms with E-state index >= 15 is 0 Å². The van der Waals surface area contributed by atoms with Gasteiger partial charge in [-0.15, -0.1) is 11.3 Å². The summed E-state index contributed by atoms with van der Waals surface area (Å²) < 4.78 is 0. The fraction of sp³-hybridized carbons (Fsp3) is 0.0625. The first kappa shape index (κ1) is 15.0. The van der Waals surface area contributed by atoms with Gasteiger partial charge in [-0.2, -0.15) is 0 Å². The summed E-state index contributed by atoms with van der Waals surface area (Å²) >= 11 is 1.45. The van der Waals surface area contributed by atoms with Crippen molar-refractivity contribution in [3.63, 3.8) is 0 Å². The number of thiophene rings is 1. The lowest BCUT2D eigenvalue weighted by Gasteiger charge is -2.11. The second-order valence-electron chi connectivity index (χ2n) is 4.81. The Labute approximate surface area is 136 Å². The summed E-state index contributed by atoms with van der Waals surface area (Å²) in [4.78, 5) is 37.8. The minimum Gasteiger partial charge on any atom is -0.325 e. The van der Waals surface area contributed by atoms with E-state index in [1.807, 2.05) is 23.6 Å². The average Bonchev–Trinajstić information content (AvgIpc) is 3.13. The van der Waals surface area contributed by atoms with Crippen LogP contribution in [-0.2, 0) is 9.59 Å². The van der Waals surface area contributed by atoms with E-state index in [9.17, 15) is 14.4 Å². The highest BCUT2D eigenvalue weighted by molar-refractivity contribution is 7.10. The molecule has 0 unspecified atom stereocenters. The number of hydrogen-bond acceptors (Lipinski definition) is 4. The molecule has 7 heteroatoms. The van der Waals surface area contributed by atoms with E-state index in [1.54, 1.807) is 30.3 Å². The van der Waals surface area contributed by atoms with Crippen molar-refractivity contribution in [3.05, 3.63) is 58.4 Å². The molecule has 0 bridgehead atoms. The van der Waals surface area contributed by atoms with E-state index in [0.29, 0.717) is 5.69 Å². The maximum atomic E-state index is 12.2. The molecule has 23 heavy (non-hydrogen) atoms. The van der Waals surface area contributed by atoms with E-state index in [-0.39, 0.29) is 12.2 Å². The molecule has 1 aliphatic rings. The van der Waals surface area contributed by atoms with Crippen molar-refractivity contribution in [1.82, 2.24) is 10.2 Å². The van der Waals surface area contributed by atoms with Gasteiger partial charge in [0.1, 0.15) is 12.2 Å². The highest BCUT2D eigenvalue weighted by Gasteiger charge is 2.34. The quantitative estimate of drug-likeness (QED) is 0.668. The van der Waals surface area contributed by atoms with Gasteiger partial charge in [0.15, 0.2) is 0 Å². The van der Waals surface area contributed by atoms with Crippen LogP contribution in [0.1, 0.15) is 4.88 Å². The Morgan fingerprint density at radius 2 is 1.96 bits per heavy atom. The molecule has 2 heterocycles. The van der Waals surface area contributed by atoms with Crippen LogP contribution < -0.4 is 10.6 Å². The molecule has 4 amide bonds. The van der Waals surface area contributed by atoms with Crippen molar-refractivity contribution in [2.75, 3.05) is 11.9 Å². The molecule has 0 radical (unpaired) electrons. The lowest BCUT2D eigenvalue weighted by Crippen LogP contribution is -2.38. The maximum Gasteiger partial charge on any atom is 0.329 e. The number of nitrogens with zero attached hydrogens (tertiary/aromatic N) is 1. The standard InChI is InChI=1S/C16H13N3O3S/c20-14(17-11-5-2-1-3-6-11)10-19-15(21)13(18-16(19)22)9-12-7-4-8-23-12/h1-9H,10H2,(H,17,20)(H,18,22)/b13-9+. The second-order valence-corrected chi connectivity index (χ2v) is 5.79. The zero-order chi connectivity index (χ0) is 16.2. The summed E-state index contributed by atoms with van der Waals surface area (Å²) in [5.74, 6) is -0.941. The predicted octanol–water partition coefficient (Wildman–Crippen LogP) is 2.28. The van der Waals surface area contributed by atoms with Crippen LogP contribution in [0.25, 0.3) is 6.08 Å². The number of carbonyl (C=O) groups is 3. The minimum absolute atomic E-state index is 0.171. The minimum atomic E-state index is -0.596. The Bertz CT molecular complexity index is 769. The number of rotatable bonds is 4. The van der Waals surface area contributed by atoms with Gasteiger partial charge < -0.3 is 10.6 Å². The van der Waals surface area contributed by atoms with Gasteiger partial charge in [-0.1, -0.05) is 24.3 Å². The monoisotopic (exact) mass is 327 g/mol. The number of imide groups is 1. The molecule has 0 spiro atoms. The van der Waals surface area contributed by atoms with E-state index in [0.717, 1.165) is 9.78 Å². The third kappa shape index (κ3) is 3.46. The summed E-state index contributed by atoms with van der Waals surface area (Å²) in [7, 11) is 0. The third-order valence-corrected chi connectivity index (χ3v) is 3.97. The molecule has 0 saturated carbocycles. The Kier molecular flexibility index (Phi) is 4.20. The number of hydrogen-bond donors (Lipinski definition) is 2. The molecule has 0 atom stereocenters. The molecule has 1 saturated heterocycles. The van der Waals surface area contributed by atoms with Crippen LogP contribution in [0, 0.1) is 0 Å². The van der Waals surface area contributed by atoms with Gasteiger partial charge in [0.25, 0.3) is 5.91 Å². The zero-order valence-corrected chi connectivity index (χ0v) is 12.8. The van der Waals surface area contributed by atoms with Gasteiger partial charge >= 0.3 is 6.03 Å². The SMILES string of the molecule is O=C(CN1C(=O)N/C(=C/c2cccs2)C1=O)Nc1ccccc1. The number of para-hydroxylation sites is 1. The van der Waals surface area contributed by atoms with Crippen LogP contribution in [0.15, 0.2) is 53.5 Å². The summed E-state index contributed by atoms with van der Waals surface area (Å²) in [6.07, 6.45) is 1.60. The van der Waals surface area contributed by atoms with Gasteiger partial charge in [0.05, 0.1) is 0 Å². The van der Waals surface area contributed by atoms with E-state index in [4.69, 9.17) is 0 Å². The lowest BCUT2D eigenvalue weighted by atomic mass is 10.3. The number of carbonyl (C=O) groups excluding carboxylic acids is 3. The zero-order valence-electron chi connectivity index (χ0n) is 12.0. The van der Waals surface area contributed by atoms with Crippen molar-refractivity contribution >= 4 is 40.9 Å². The van der Waals surface area contributed by atoms with Gasteiger partial charge in [0.2, 0.25) is 5.91 Å². The summed E-state index contributed by atoms with van der Waals surface area (Å²) in [5, 5.41) is 7.00. The van der Waals surface area contributed by atoms with Crippen molar-refractivity contribution in [2.45, 2.75) is 0 Å². The molecule has 3 rings (SSSR count). The van der Waals surface area contributed by atoms with Crippen molar-refractivity contribution in [2.24, 2.45) is 0 Å². The van der Waals surface area contributed by atoms with Crippen molar-refractivity contribution < 1.29 is 14.4 Å². The third-order valence-electron chi connectivity index (χ3n) is 3.15. The molecule has 1 aromatic heterocycles. The Hall–Kier alpha value is -2.93. The Balaban J connectivity index is 1.67. The smallest absolute Gasteiger partial charge is 0.325 e. The second kappa shape index (κ2) is 6.45. The van der Waals surface area contributed by atoms with E-state index in [1.165, 1.54) is 11.3 Å². The summed E-state index contributed by atoms with van der Waals surface area (Å²) in [6, 6.07) is 11.9. The van der Waals surface area contributed by atoms with Crippen molar-refractivity contribution in [1.29, 1.82) is 0 Å². The number of amides is 4. The molecule has 1 aromatic carbocycles. The number of urea groups is 1. The molecule has 1 aliphatic heterocycles. The largest absolute Gasteiger partial charge is 0.329 e. The highest BCUT2D eigenvalue weighted by atomic mass is 32.1. The molecule has 0 aliphatic carbocycles. The molecule has 2 N–H and O–H groups in total. The molecule has 2 aromatic rings. The average molecular weight is 327 g/mol. The fourth-order valence-electron chi connectivity index (χ4n) is 2.10. The number of anilines is 1. The van der Waals surface area contributed by atoms with Crippen LogP contribution in [0.2, 0.25) is 0 Å². The number of nitrogens with one attached hydrogen (secondary N) is 2. The first-order valence-corrected chi connectivity index (χ1v) is 7.74. The van der Waals surface area contributed by atoms with Crippen LogP contribution in [0.5, 0.6) is 0 Å². The van der Waals surface area contributed by atoms with Crippen molar-refractivity contribution in [3.8, 4) is 0 Å². The molecule has 1 fully saturated rings. The van der Waals surface area contributed by atoms with Crippen LogP contribution in [-0.4, -0.2) is 29.3 Å². The highest BCUT2D eigenvalue weighted by Crippen LogP contribution is 2.17. The Morgan fingerprint density at radius 1 is 1.17 bits per heavy atom. The van der Waals surface area contributed by atoms with Gasteiger partial charge in [-0.25, -0.2) is 9.69 Å². The lowest BCUT2D eigenvalue weighted by molar-refractivity contribution is -0.127. The van der Waals surface area contributed by atoms with Crippen LogP contribution >= 0.6 is 11.3 Å². The van der Waals surface area contributed by atoms with Gasteiger partial charge in [-0.3, -0.25) is 9.59 Å². The van der Waals surface area contributed by atoms with E-state index < -0.39 is 17.8 Å². The molecular formula is C16H13N3O3S. The van der Waals surface area contributed by atoms with Gasteiger partial charge in [0, 0.05) is 10.6 Å². The van der Waals surface area contributed by atoms with E-state index in [2.05, 4.69) is 10.6 Å². The maximum absolute atomic E-state index is 12.2. The fourth-order valence-corrected chi connectivity index (χ4v) is 2.75. The Morgan fingerprint density at radius 3 is 2.65 bits per heavy atom. The normalized spacial score (nSPS) is 15.8. The molecular weight excluding hydrogens is 314 g/mol. The summed E-state index contributed by atoms with van der Waals surface area (Å²) in [5.41, 5.74) is 0.781. The van der Waals surface area contributed by atoms with Gasteiger partial charge in [-0.05, 0) is 29.7 Å². The first-order chi connectivity index (χ1) is 11.1. The van der Waals surface area contributed by atoms with Crippen LogP contribution in [0.3, 0.4) is 0 Å². The topological polar surface area (TPSA) is 78.5 Å². The predicted molar refractivity (Wildman–Crippen MR) is 87.6 cm³/mol. The van der Waals surface area contributed by atoms with Crippen LogP contribution in [0.4, 0.5) is 10.5 Å².